The number of aliphatic imine (C=N–C) groups is 1. The van der Waals surface area contributed by atoms with Crippen LogP contribution in [0.5, 0.6) is 0 Å². The summed E-state index contributed by atoms with van der Waals surface area (Å²) in [6.45, 7) is 13.4. The van der Waals surface area contributed by atoms with Crippen LogP contribution in [0, 0.1) is 0 Å². The summed E-state index contributed by atoms with van der Waals surface area (Å²) in [6.07, 6.45) is 3.46. The Morgan fingerprint density at radius 1 is 1.50 bits per heavy atom. The Labute approximate surface area is 103 Å². The highest BCUT2D eigenvalue weighted by atomic mass is 32.2. The number of rotatable bonds is 7. The van der Waals surface area contributed by atoms with Crippen molar-refractivity contribution in [2.24, 2.45) is 4.99 Å². The van der Waals surface area contributed by atoms with Crippen LogP contribution in [-0.4, -0.2) is 24.5 Å². The SMILES string of the molecule is C=CN=CC(=C)SCCC(=O)OCC.CC. The molecule has 0 saturated heterocycles. The van der Waals surface area contributed by atoms with E-state index in [1.54, 1.807) is 13.1 Å². The zero-order valence-corrected chi connectivity index (χ0v) is 11.2. The van der Waals surface area contributed by atoms with Crippen molar-refractivity contribution in [2.45, 2.75) is 27.2 Å². The van der Waals surface area contributed by atoms with Crippen LogP contribution >= 0.6 is 11.8 Å². The first-order valence-corrected chi connectivity index (χ1v) is 6.30. The molecular formula is C12H21NO2S. The molecular weight excluding hydrogens is 222 g/mol. The Kier molecular flexibility index (Phi) is 15.2. The highest BCUT2D eigenvalue weighted by molar-refractivity contribution is 8.03. The van der Waals surface area contributed by atoms with E-state index < -0.39 is 0 Å². The quantitative estimate of drug-likeness (QED) is 0.508. The number of hydrogen-bond acceptors (Lipinski definition) is 4. The number of carbonyl (C=O) groups is 1. The average Bonchev–Trinajstić information content (AvgIpc) is 2.29. The highest BCUT2D eigenvalue weighted by Gasteiger charge is 2.01. The van der Waals surface area contributed by atoms with Gasteiger partial charge in [0.25, 0.3) is 0 Å². The van der Waals surface area contributed by atoms with Gasteiger partial charge in [0.2, 0.25) is 0 Å². The molecule has 0 aromatic rings. The van der Waals surface area contributed by atoms with Crippen LogP contribution in [0.3, 0.4) is 0 Å². The van der Waals surface area contributed by atoms with Crippen molar-refractivity contribution in [3.8, 4) is 0 Å². The number of hydrogen-bond donors (Lipinski definition) is 0. The van der Waals surface area contributed by atoms with Crippen LogP contribution in [0.15, 0.2) is 29.3 Å². The molecule has 0 aliphatic rings. The van der Waals surface area contributed by atoms with Gasteiger partial charge in [-0.15, -0.1) is 11.8 Å². The molecule has 0 unspecified atom stereocenters. The molecule has 4 heteroatoms. The number of ether oxygens (including phenoxy) is 1. The maximum Gasteiger partial charge on any atom is 0.306 e. The summed E-state index contributed by atoms with van der Waals surface area (Å²) >= 11 is 1.48. The maximum absolute atomic E-state index is 10.9. The molecule has 0 fully saturated rings. The first-order chi connectivity index (χ1) is 7.70. The molecule has 0 N–H and O–H groups in total. The normalized spacial score (nSPS) is 9.19. The Balaban J connectivity index is 0. The summed E-state index contributed by atoms with van der Waals surface area (Å²) in [4.78, 5) is 15.5. The molecule has 0 atom stereocenters. The maximum atomic E-state index is 10.9. The van der Waals surface area contributed by atoms with Crippen LogP contribution < -0.4 is 0 Å². The van der Waals surface area contributed by atoms with Crippen LogP contribution in [0.1, 0.15) is 27.2 Å². The standard InChI is InChI=1S/C10H15NO2S.C2H6/c1-4-11-8-9(3)14-7-6-10(12)13-5-2;1-2/h4,8H,1,3,5-7H2,2H3;1-2H3. The Hall–Kier alpha value is -1.03. The smallest absolute Gasteiger partial charge is 0.306 e. The molecule has 0 bridgehead atoms. The van der Waals surface area contributed by atoms with Crippen molar-refractivity contribution in [3.63, 3.8) is 0 Å². The van der Waals surface area contributed by atoms with E-state index in [2.05, 4.69) is 18.2 Å². The number of esters is 1. The zero-order valence-electron chi connectivity index (χ0n) is 10.4. The van der Waals surface area contributed by atoms with Gasteiger partial charge in [-0.25, -0.2) is 0 Å². The molecule has 0 aliphatic carbocycles. The number of thioether (sulfide) groups is 1. The van der Waals surface area contributed by atoms with Gasteiger partial charge in [0.15, 0.2) is 0 Å². The Morgan fingerprint density at radius 2 is 2.12 bits per heavy atom. The van der Waals surface area contributed by atoms with Crippen LogP contribution in [-0.2, 0) is 9.53 Å². The number of nitrogens with zero attached hydrogens (tertiary/aromatic N) is 1. The van der Waals surface area contributed by atoms with Crippen LogP contribution in [0.2, 0.25) is 0 Å². The average molecular weight is 243 g/mol. The Morgan fingerprint density at radius 3 is 2.62 bits per heavy atom. The molecule has 0 saturated carbocycles. The van der Waals surface area contributed by atoms with E-state index in [4.69, 9.17) is 4.74 Å². The lowest BCUT2D eigenvalue weighted by molar-refractivity contribution is -0.142. The van der Waals surface area contributed by atoms with Crippen molar-refractivity contribution < 1.29 is 9.53 Å². The van der Waals surface area contributed by atoms with Crippen LogP contribution in [0.4, 0.5) is 0 Å². The summed E-state index contributed by atoms with van der Waals surface area (Å²) in [6, 6.07) is 0. The van der Waals surface area contributed by atoms with Gasteiger partial charge in [0.1, 0.15) is 0 Å². The minimum absolute atomic E-state index is 0.173. The second kappa shape index (κ2) is 14.0. The largest absolute Gasteiger partial charge is 0.466 e. The molecule has 0 radical (unpaired) electrons. The van der Waals surface area contributed by atoms with E-state index in [9.17, 15) is 4.79 Å². The van der Waals surface area contributed by atoms with Gasteiger partial charge in [-0.05, 0) is 6.92 Å². The number of carbonyl (C=O) groups excluding carboxylic acids is 1. The molecule has 0 spiro atoms. The fourth-order valence-corrected chi connectivity index (χ4v) is 1.34. The van der Waals surface area contributed by atoms with Gasteiger partial charge in [-0.1, -0.05) is 27.0 Å². The second-order valence-electron chi connectivity index (χ2n) is 2.33. The van der Waals surface area contributed by atoms with E-state index >= 15 is 0 Å². The highest BCUT2D eigenvalue weighted by Crippen LogP contribution is 2.12. The molecule has 3 nitrogen and oxygen atoms in total. The lowest BCUT2D eigenvalue weighted by Gasteiger charge is -2.00. The van der Waals surface area contributed by atoms with Crippen molar-refractivity contribution in [2.75, 3.05) is 12.4 Å². The van der Waals surface area contributed by atoms with E-state index in [1.165, 1.54) is 18.0 Å². The van der Waals surface area contributed by atoms with Crippen LogP contribution in [0.25, 0.3) is 0 Å². The van der Waals surface area contributed by atoms with Gasteiger partial charge in [0, 0.05) is 23.1 Å². The summed E-state index contributed by atoms with van der Waals surface area (Å²) in [5, 5.41) is 0. The lowest BCUT2D eigenvalue weighted by atomic mass is 10.5. The molecule has 0 amide bonds. The topological polar surface area (TPSA) is 38.7 Å². The predicted octanol–water partition coefficient (Wildman–Crippen LogP) is 3.43. The van der Waals surface area contributed by atoms with Crippen molar-refractivity contribution in [1.82, 2.24) is 0 Å². The summed E-state index contributed by atoms with van der Waals surface area (Å²) in [7, 11) is 0. The number of allylic oxidation sites excluding steroid dienone is 1. The Bertz CT molecular complexity index is 237. The third-order valence-corrected chi connectivity index (χ3v) is 2.11. The first kappa shape index (κ1) is 17.4. The monoisotopic (exact) mass is 243 g/mol. The van der Waals surface area contributed by atoms with E-state index in [-0.39, 0.29) is 5.97 Å². The molecule has 0 aromatic carbocycles. The van der Waals surface area contributed by atoms with E-state index in [0.29, 0.717) is 18.8 Å². The predicted molar refractivity (Wildman–Crippen MR) is 72.9 cm³/mol. The van der Waals surface area contributed by atoms with Gasteiger partial charge >= 0.3 is 5.97 Å². The second-order valence-corrected chi connectivity index (χ2v) is 3.55. The van der Waals surface area contributed by atoms with Gasteiger partial charge in [-0.3, -0.25) is 9.79 Å². The van der Waals surface area contributed by atoms with E-state index in [1.807, 2.05) is 13.8 Å². The van der Waals surface area contributed by atoms with Crippen molar-refractivity contribution in [1.29, 1.82) is 0 Å². The fourth-order valence-electron chi connectivity index (χ4n) is 0.672. The molecule has 0 rings (SSSR count). The minimum Gasteiger partial charge on any atom is -0.466 e. The minimum atomic E-state index is -0.173. The third-order valence-electron chi connectivity index (χ3n) is 1.22. The summed E-state index contributed by atoms with van der Waals surface area (Å²) < 4.78 is 4.77. The molecule has 92 valence electrons. The van der Waals surface area contributed by atoms with Crippen molar-refractivity contribution in [3.05, 3.63) is 24.3 Å². The molecule has 0 heterocycles. The van der Waals surface area contributed by atoms with E-state index in [0.717, 1.165) is 4.91 Å². The lowest BCUT2D eigenvalue weighted by Crippen LogP contribution is -2.04. The molecule has 0 aliphatic heterocycles. The zero-order chi connectivity index (χ0) is 12.8. The van der Waals surface area contributed by atoms with Gasteiger partial charge in [-0.2, -0.15) is 0 Å². The van der Waals surface area contributed by atoms with Gasteiger partial charge < -0.3 is 4.74 Å². The molecule has 16 heavy (non-hydrogen) atoms. The molecule has 0 aromatic heterocycles. The summed E-state index contributed by atoms with van der Waals surface area (Å²) in [5.41, 5.74) is 0. The summed E-state index contributed by atoms with van der Waals surface area (Å²) in [5.74, 6) is 0.495. The van der Waals surface area contributed by atoms with Gasteiger partial charge in [0.05, 0.1) is 13.0 Å². The van der Waals surface area contributed by atoms with Crippen molar-refractivity contribution >= 4 is 23.9 Å². The first-order valence-electron chi connectivity index (χ1n) is 5.32. The fraction of sp³-hybridized carbons (Fsp3) is 0.500. The third kappa shape index (κ3) is 13.0.